The molecular formula is C20H24N4O. The number of rotatable bonds is 5. The SMILES string of the molecule is CC(C)(C)C(NC(=O)CCc1ccccc1)n1nnc2ccccc21. The number of nitrogens with zero attached hydrogens (tertiary/aromatic N) is 3. The van der Waals surface area contributed by atoms with Crippen LogP contribution in [0, 0.1) is 5.41 Å². The zero-order chi connectivity index (χ0) is 17.9. The Morgan fingerprint density at radius 3 is 2.48 bits per heavy atom. The van der Waals surface area contributed by atoms with Crippen molar-refractivity contribution < 1.29 is 4.79 Å². The minimum atomic E-state index is -0.261. The van der Waals surface area contributed by atoms with Gasteiger partial charge in [0.05, 0.1) is 5.52 Å². The molecule has 0 radical (unpaired) electrons. The van der Waals surface area contributed by atoms with Crippen molar-refractivity contribution in [1.82, 2.24) is 20.3 Å². The lowest BCUT2D eigenvalue weighted by atomic mass is 9.92. The van der Waals surface area contributed by atoms with Gasteiger partial charge in [-0.15, -0.1) is 5.10 Å². The number of fused-ring (bicyclic) bond motifs is 1. The highest BCUT2D eigenvalue weighted by Crippen LogP contribution is 2.30. The van der Waals surface area contributed by atoms with E-state index < -0.39 is 0 Å². The summed E-state index contributed by atoms with van der Waals surface area (Å²) in [4.78, 5) is 12.5. The Balaban J connectivity index is 1.77. The summed E-state index contributed by atoms with van der Waals surface area (Å²) in [6.45, 7) is 6.27. The number of hydrogen-bond acceptors (Lipinski definition) is 3. The molecule has 25 heavy (non-hydrogen) atoms. The van der Waals surface area contributed by atoms with Gasteiger partial charge in [-0.1, -0.05) is 68.4 Å². The molecule has 0 aliphatic rings. The second-order valence-corrected chi connectivity index (χ2v) is 7.34. The smallest absolute Gasteiger partial charge is 0.221 e. The summed E-state index contributed by atoms with van der Waals surface area (Å²) in [6, 6.07) is 17.8. The van der Waals surface area contributed by atoms with Gasteiger partial charge in [-0.2, -0.15) is 0 Å². The van der Waals surface area contributed by atoms with Gasteiger partial charge in [0.2, 0.25) is 5.91 Å². The number of aryl methyl sites for hydroxylation is 1. The molecular weight excluding hydrogens is 312 g/mol. The second-order valence-electron chi connectivity index (χ2n) is 7.34. The molecule has 1 heterocycles. The molecule has 130 valence electrons. The molecule has 1 amide bonds. The number of carbonyl (C=O) groups is 1. The van der Waals surface area contributed by atoms with Crippen LogP contribution in [0.5, 0.6) is 0 Å². The molecule has 0 saturated heterocycles. The van der Waals surface area contributed by atoms with Crippen LogP contribution >= 0.6 is 0 Å². The fourth-order valence-corrected chi connectivity index (χ4v) is 2.85. The van der Waals surface area contributed by atoms with Gasteiger partial charge in [0.25, 0.3) is 0 Å². The van der Waals surface area contributed by atoms with Crippen LogP contribution in [0.4, 0.5) is 0 Å². The summed E-state index contributed by atoms with van der Waals surface area (Å²) < 4.78 is 1.82. The molecule has 0 bridgehead atoms. The number of para-hydroxylation sites is 1. The normalized spacial score (nSPS) is 12.9. The predicted molar refractivity (Wildman–Crippen MR) is 98.9 cm³/mol. The summed E-state index contributed by atoms with van der Waals surface area (Å²) in [7, 11) is 0. The molecule has 1 N–H and O–H groups in total. The Labute approximate surface area is 148 Å². The van der Waals surface area contributed by atoms with E-state index in [0.29, 0.717) is 6.42 Å². The van der Waals surface area contributed by atoms with E-state index in [1.54, 1.807) is 0 Å². The van der Waals surface area contributed by atoms with E-state index in [1.165, 1.54) is 0 Å². The summed E-state index contributed by atoms with van der Waals surface area (Å²) in [5, 5.41) is 11.6. The molecule has 0 fully saturated rings. The molecule has 0 saturated carbocycles. The standard InChI is InChI=1S/C20H24N4O/c1-20(2,3)19(24-17-12-8-7-11-16(17)22-23-24)21-18(25)14-13-15-9-5-4-6-10-15/h4-12,19H,13-14H2,1-3H3,(H,21,25). The monoisotopic (exact) mass is 336 g/mol. The van der Waals surface area contributed by atoms with Crippen LogP contribution in [0.15, 0.2) is 54.6 Å². The Kier molecular flexibility index (Phi) is 4.83. The van der Waals surface area contributed by atoms with Gasteiger partial charge in [-0.25, -0.2) is 4.68 Å². The third-order valence-electron chi connectivity index (χ3n) is 4.22. The van der Waals surface area contributed by atoms with Crippen LogP contribution in [0.3, 0.4) is 0 Å². The van der Waals surface area contributed by atoms with Crippen LogP contribution in [-0.2, 0) is 11.2 Å². The molecule has 5 nitrogen and oxygen atoms in total. The number of nitrogens with one attached hydrogen (secondary N) is 1. The van der Waals surface area contributed by atoms with Crippen LogP contribution in [0.25, 0.3) is 11.0 Å². The lowest BCUT2D eigenvalue weighted by molar-refractivity contribution is -0.123. The fraction of sp³-hybridized carbons (Fsp3) is 0.350. The van der Waals surface area contributed by atoms with E-state index in [9.17, 15) is 4.79 Å². The Bertz CT molecular complexity index is 849. The highest BCUT2D eigenvalue weighted by Gasteiger charge is 2.30. The van der Waals surface area contributed by atoms with E-state index in [0.717, 1.165) is 23.0 Å². The topological polar surface area (TPSA) is 59.8 Å². The minimum absolute atomic E-state index is 0.0170. The van der Waals surface area contributed by atoms with Crippen molar-refractivity contribution in [2.24, 2.45) is 5.41 Å². The maximum absolute atomic E-state index is 12.5. The second kappa shape index (κ2) is 7.05. The summed E-state index contributed by atoms with van der Waals surface area (Å²) in [5.41, 5.74) is 2.72. The summed E-state index contributed by atoms with van der Waals surface area (Å²) >= 11 is 0. The van der Waals surface area contributed by atoms with Crippen molar-refractivity contribution >= 4 is 16.9 Å². The third-order valence-corrected chi connectivity index (χ3v) is 4.22. The Morgan fingerprint density at radius 1 is 1.08 bits per heavy atom. The zero-order valence-corrected chi connectivity index (χ0v) is 14.9. The van der Waals surface area contributed by atoms with Gasteiger partial charge < -0.3 is 5.32 Å². The number of amides is 1. The molecule has 3 rings (SSSR count). The van der Waals surface area contributed by atoms with Crippen molar-refractivity contribution in [2.45, 2.75) is 39.8 Å². The number of hydrogen-bond donors (Lipinski definition) is 1. The van der Waals surface area contributed by atoms with E-state index in [2.05, 4.69) is 36.4 Å². The van der Waals surface area contributed by atoms with E-state index in [-0.39, 0.29) is 17.5 Å². The van der Waals surface area contributed by atoms with Crippen molar-refractivity contribution in [1.29, 1.82) is 0 Å². The molecule has 0 aliphatic heterocycles. The molecule has 1 unspecified atom stereocenters. The maximum Gasteiger partial charge on any atom is 0.221 e. The lowest BCUT2D eigenvalue weighted by Gasteiger charge is -2.31. The van der Waals surface area contributed by atoms with Crippen LogP contribution < -0.4 is 5.32 Å². The van der Waals surface area contributed by atoms with Crippen LogP contribution in [0.1, 0.15) is 38.9 Å². The molecule has 5 heteroatoms. The zero-order valence-electron chi connectivity index (χ0n) is 14.9. The molecule has 2 aromatic carbocycles. The van der Waals surface area contributed by atoms with Gasteiger partial charge in [-0.05, 0) is 24.1 Å². The minimum Gasteiger partial charge on any atom is -0.334 e. The molecule has 0 aliphatic carbocycles. The van der Waals surface area contributed by atoms with Crippen LogP contribution in [-0.4, -0.2) is 20.9 Å². The summed E-state index contributed by atoms with van der Waals surface area (Å²) in [6.07, 6.45) is 0.911. The Hall–Kier alpha value is -2.69. The first-order valence-corrected chi connectivity index (χ1v) is 8.58. The molecule has 0 spiro atoms. The largest absolute Gasteiger partial charge is 0.334 e. The lowest BCUT2D eigenvalue weighted by Crippen LogP contribution is -2.41. The average molecular weight is 336 g/mol. The van der Waals surface area contributed by atoms with Gasteiger partial charge in [-0.3, -0.25) is 4.79 Å². The third kappa shape index (κ3) is 4.05. The van der Waals surface area contributed by atoms with Crippen molar-refractivity contribution in [3.8, 4) is 0 Å². The molecule has 1 atom stereocenters. The van der Waals surface area contributed by atoms with Crippen molar-refractivity contribution in [3.63, 3.8) is 0 Å². The average Bonchev–Trinajstić information content (AvgIpc) is 3.01. The van der Waals surface area contributed by atoms with E-state index >= 15 is 0 Å². The van der Waals surface area contributed by atoms with Gasteiger partial charge in [0.1, 0.15) is 11.7 Å². The van der Waals surface area contributed by atoms with Crippen molar-refractivity contribution in [2.75, 3.05) is 0 Å². The van der Waals surface area contributed by atoms with Gasteiger partial charge in [0.15, 0.2) is 0 Å². The highest BCUT2D eigenvalue weighted by molar-refractivity contribution is 5.77. The highest BCUT2D eigenvalue weighted by atomic mass is 16.1. The van der Waals surface area contributed by atoms with Crippen molar-refractivity contribution in [3.05, 3.63) is 60.2 Å². The predicted octanol–water partition coefficient (Wildman–Crippen LogP) is 3.73. The van der Waals surface area contributed by atoms with E-state index in [4.69, 9.17) is 0 Å². The molecule has 3 aromatic rings. The first-order valence-electron chi connectivity index (χ1n) is 8.58. The first kappa shape index (κ1) is 17.1. The first-order chi connectivity index (χ1) is 11.9. The van der Waals surface area contributed by atoms with Gasteiger partial charge in [0, 0.05) is 11.8 Å². The number of carbonyl (C=O) groups excluding carboxylic acids is 1. The van der Waals surface area contributed by atoms with E-state index in [1.807, 2.05) is 59.3 Å². The molecule has 1 aromatic heterocycles. The Morgan fingerprint density at radius 2 is 1.76 bits per heavy atom. The quantitative estimate of drug-likeness (QED) is 0.772. The maximum atomic E-state index is 12.5. The number of benzene rings is 2. The number of aromatic nitrogens is 3. The summed E-state index contributed by atoms with van der Waals surface area (Å²) in [5.74, 6) is 0.0170. The van der Waals surface area contributed by atoms with Gasteiger partial charge >= 0.3 is 0 Å². The fourth-order valence-electron chi connectivity index (χ4n) is 2.85. The van der Waals surface area contributed by atoms with Crippen LogP contribution in [0.2, 0.25) is 0 Å².